The lowest BCUT2D eigenvalue weighted by molar-refractivity contribution is 0.443. The monoisotopic (exact) mass is 1000 g/mol. The van der Waals surface area contributed by atoms with Gasteiger partial charge in [-0.25, -0.2) is 74.6 Å². The van der Waals surface area contributed by atoms with Crippen LogP contribution in [0.4, 0.5) is 74.6 Å². The number of hydrogen-bond donors (Lipinski definition) is 0. The Balaban J connectivity index is 0.000000408. The van der Waals surface area contributed by atoms with E-state index in [9.17, 15) is 74.6 Å². The van der Waals surface area contributed by atoms with Gasteiger partial charge in [-0.2, -0.15) is 10.5 Å². The van der Waals surface area contributed by atoms with Crippen molar-refractivity contribution in [2.75, 3.05) is 0 Å². The molecule has 7 aromatic carbocycles. The van der Waals surface area contributed by atoms with E-state index in [0.29, 0.717) is 41.0 Å². The first-order chi connectivity index (χ1) is 32.5. The molecular weight excluding hydrogens is 964 g/mol. The standard InChI is InChI=1S/2C8H6FN.5C7H5F3/c1-6-2-7(5-10)4-8(9)3-6;1-6-2-3-7(5-10)4-8(6)9;1-4-6(9)2-5(8)3-7(4)10;1-4-2-6(9)7(10)3-5(4)8;1-4-2-5(8)3-6(9)7(4)10;1-4-5(8)2-3-6(9)7(4)10;1-4-2-3-5(8)7(10)6(4)9/h2*2-4H,1H3;5*2-3H,1H3. The molecule has 0 heterocycles. The highest BCUT2D eigenvalue weighted by molar-refractivity contribution is 5.33. The zero-order valence-corrected chi connectivity index (χ0v) is 37.6. The van der Waals surface area contributed by atoms with Crippen LogP contribution >= 0.6 is 0 Å². The summed E-state index contributed by atoms with van der Waals surface area (Å²) in [4.78, 5) is 0. The Hall–Kier alpha value is -7.67. The number of nitrogens with zero attached hydrogens (tertiary/aromatic N) is 2. The molecule has 0 aliphatic heterocycles. The van der Waals surface area contributed by atoms with E-state index in [2.05, 4.69) is 0 Å². The topological polar surface area (TPSA) is 47.6 Å². The quantitative estimate of drug-likeness (QED) is 0.0863. The normalized spacial score (nSPS) is 9.69. The van der Waals surface area contributed by atoms with Crippen molar-refractivity contribution in [2.45, 2.75) is 48.5 Å². The Bertz CT molecular complexity index is 2700. The Morgan fingerprint density at radius 3 is 1.21 bits per heavy atom. The van der Waals surface area contributed by atoms with Crippen LogP contribution in [-0.4, -0.2) is 0 Å². The largest absolute Gasteiger partial charge is 0.207 e. The molecule has 0 aromatic heterocycles. The maximum atomic E-state index is 12.6. The summed E-state index contributed by atoms with van der Waals surface area (Å²) < 4.78 is 209. The maximum absolute atomic E-state index is 12.6. The van der Waals surface area contributed by atoms with Gasteiger partial charge in [-0.3, -0.25) is 0 Å². The van der Waals surface area contributed by atoms with Gasteiger partial charge in [0.2, 0.25) is 0 Å². The van der Waals surface area contributed by atoms with Crippen LogP contribution in [0.3, 0.4) is 0 Å². The maximum Gasteiger partial charge on any atom is 0.194 e. The van der Waals surface area contributed by atoms with E-state index in [4.69, 9.17) is 10.5 Å². The molecule has 0 bridgehead atoms. The van der Waals surface area contributed by atoms with Crippen molar-refractivity contribution in [1.29, 1.82) is 10.5 Å². The summed E-state index contributed by atoms with van der Waals surface area (Å²) in [5, 5.41) is 16.7. The van der Waals surface area contributed by atoms with Gasteiger partial charge in [-0.05, 0) is 137 Å². The number of aryl methyl sites for hydroxylation is 5. The van der Waals surface area contributed by atoms with Crippen LogP contribution in [0.25, 0.3) is 0 Å². The van der Waals surface area contributed by atoms with Gasteiger partial charge in [0.05, 0.1) is 23.3 Å². The number of rotatable bonds is 0. The van der Waals surface area contributed by atoms with Gasteiger partial charge in [0, 0.05) is 35.4 Å². The fourth-order valence-electron chi connectivity index (χ4n) is 4.64. The predicted molar refractivity (Wildman–Crippen MR) is 227 cm³/mol. The molecule has 0 saturated carbocycles. The van der Waals surface area contributed by atoms with Crippen LogP contribution in [0.15, 0.2) is 97.1 Å². The van der Waals surface area contributed by atoms with Gasteiger partial charge in [0.15, 0.2) is 52.4 Å². The molecule has 0 saturated heterocycles. The van der Waals surface area contributed by atoms with E-state index in [1.165, 1.54) is 58.9 Å². The van der Waals surface area contributed by atoms with Crippen molar-refractivity contribution >= 4 is 0 Å². The summed E-state index contributed by atoms with van der Waals surface area (Å²) in [7, 11) is 0. The molecule has 7 aromatic rings. The minimum absolute atomic E-state index is 0.0162. The molecule has 0 N–H and O–H groups in total. The molecule has 0 aliphatic rings. The van der Waals surface area contributed by atoms with Crippen molar-refractivity contribution in [1.82, 2.24) is 0 Å². The van der Waals surface area contributed by atoms with Crippen LogP contribution in [-0.2, 0) is 0 Å². The lowest BCUT2D eigenvalue weighted by Gasteiger charge is -1.97. The van der Waals surface area contributed by atoms with Gasteiger partial charge >= 0.3 is 0 Å². The lowest BCUT2D eigenvalue weighted by Crippen LogP contribution is -1.92. The molecular formula is C51H37F17N2. The fourth-order valence-corrected chi connectivity index (χ4v) is 4.64. The first-order valence-corrected chi connectivity index (χ1v) is 19.4. The fraction of sp³-hybridized carbons (Fsp3) is 0.137. The lowest BCUT2D eigenvalue weighted by atomic mass is 10.1. The second kappa shape index (κ2) is 28.6. The highest BCUT2D eigenvalue weighted by Crippen LogP contribution is 2.17. The van der Waals surface area contributed by atoms with Crippen LogP contribution in [0.5, 0.6) is 0 Å². The summed E-state index contributed by atoms with van der Waals surface area (Å²) in [6, 6.07) is 20.2. The molecule has 0 atom stereocenters. The molecule has 0 spiro atoms. The van der Waals surface area contributed by atoms with Crippen molar-refractivity contribution < 1.29 is 74.6 Å². The van der Waals surface area contributed by atoms with E-state index in [-0.39, 0.29) is 39.5 Å². The Morgan fingerprint density at radius 2 is 0.729 bits per heavy atom. The number of nitriles is 2. The van der Waals surface area contributed by atoms with Crippen molar-refractivity contribution in [3.63, 3.8) is 0 Å². The molecule has 0 amide bonds. The van der Waals surface area contributed by atoms with E-state index in [0.717, 1.165) is 35.9 Å². The van der Waals surface area contributed by atoms with Crippen molar-refractivity contribution in [2.24, 2.45) is 0 Å². The summed E-state index contributed by atoms with van der Waals surface area (Å²) in [5.41, 5.74) is 1.85. The van der Waals surface area contributed by atoms with Crippen LogP contribution in [0.1, 0.15) is 50.1 Å². The van der Waals surface area contributed by atoms with Crippen molar-refractivity contribution in [3.05, 3.63) is 246 Å². The zero-order valence-electron chi connectivity index (χ0n) is 37.6. The molecule has 70 heavy (non-hydrogen) atoms. The predicted octanol–water partition coefficient (Wildman–Crippen LogP) is 16.1. The molecule has 0 aliphatic carbocycles. The highest BCUT2D eigenvalue weighted by Gasteiger charge is 2.11. The molecule has 0 unspecified atom stereocenters. The van der Waals surface area contributed by atoms with E-state index in [1.54, 1.807) is 32.0 Å². The minimum Gasteiger partial charge on any atom is -0.207 e. The Morgan fingerprint density at radius 1 is 0.271 bits per heavy atom. The van der Waals surface area contributed by atoms with Gasteiger partial charge < -0.3 is 0 Å². The summed E-state index contributed by atoms with van der Waals surface area (Å²) >= 11 is 0. The highest BCUT2D eigenvalue weighted by atomic mass is 19.2. The third-order valence-corrected chi connectivity index (χ3v) is 8.60. The first kappa shape index (κ1) is 60.3. The second-order valence-electron chi connectivity index (χ2n) is 14.2. The Kier molecular flexibility index (Phi) is 24.7. The third kappa shape index (κ3) is 19.9. The van der Waals surface area contributed by atoms with Gasteiger partial charge in [0.25, 0.3) is 0 Å². The molecule has 370 valence electrons. The Labute approximate surface area is 391 Å². The molecule has 0 fully saturated rings. The van der Waals surface area contributed by atoms with Crippen LogP contribution in [0, 0.1) is 170 Å². The third-order valence-electron chi connectivity index (χ3n) is 8.60. The second-order valence-corrected chi connectivity index (χ2v) is 14.2. The van der Waals surface area contributed by atoms with Gasteiger partial charge in [-0.15, -0.1) is 0 Å². The van der Waals surface area contributed by atoms with Crippen LogP contribution in [0.2, 0.25) is 0 Å². The molecule has 7 rings (SSSR count). The average molecular weight is 1000 g/mol. The number of benzene rings is 7. The number of hydrogen-bond acceptors (Lipinski definition) is 2. The first-order valence-electron chi connectivity index (χ1n) is 19.4. The van der Waals surface area contributed by atoms with E-state index in [1.807, 2.05) is 12.1 Å². The summed E-state index contributed by atoms with van der Waals surface area (Å²) in [5.74, 6) is -15.5. The number of halogens is 17. The minimum atomic E-state index is -1.40. The van der Waals surface area contributed by atoms with E-state index < -0.39 is 87.3 Å². The molecule has 2 nitrogen and oxygen atoms in total. The zero-order chi connectivity index (χ0) is 53.7. The summed E-state index contributed by atoms with van der Waals surface area (Å²) in [6.07, 6.45) is 0. The SMILES string of the molecule is Cc1c(F)cc(F)cc1F.Cc1c(F)ccc(F)c1F.Cc1cc(F)c(F)cc1F.Cc1cc(F)cc(C#N)c1.Cc1cc(F)cc(F)c1F.Cc1ccc(C#N)cc1F.Cc1ccc(F)c(F)c1F. The van der Waals surface area contributed by atoms with E-state index >= 15 is 0 Å². The average Bonchev–Trinajstić information content (AvgIpc) is 3.29. The van der Waals surface area contributed by atoms with Gasteiger partial charge in [0.1, 0.15) is 46.5 Å². The molecule has 19 heteroatoms. The smallest absolute Gasteiger partial charge is 0.194 e. The van der Waals surface area contributed by atoms with Crippen LogP contribution < -0.4 is 0 Å². The summed E-state index contributed by atoms with van der Waals surface area (Å²) in [6.45, 7) is 9.91. The molecule has 0 radical (unpaired) electrons. The van der Waals surface area contributed by atoms with Gasteiger partial charge in [-0.1, -0.05) is 12.1 Å². The van der Waals surface area contributed by atoms with Crippen molar-refractivity contribution in [3.8, 4) is 12.1 Å².